The number of primary amides is 1. The van der Waals surface area contributed by atoms with E-state index in [0.717, 1.165) is 43.2 Å². The predicted molar refractivity (Wildman–Crippen MR) is 93.5 cm³/mol. The average molecular weight is 311 g/mol. The van der Waals surface area contributed by atoms with Gasteiger partial charge in [0.15, 0.2) is 0 Å². The first-order valence-electron chi connectivity index (χ1n) is 8.26. The number of carbonyl (C=O) groups is 1. The molecule has 2 aromatic rings. The van der Waals surface area contributed by atoms with Crippen LogP contribution in [0.15, 0.2) is 42.5 Å². The van der Waals surface area contributed by atoms with Crippen LogP contribution in [0.3, 0.4) is 0 Å². The zero-order chi connectivity index (χ0) is 16.7. The Morgan fingerprint density at radius 1 is 1.04 bits per heavy atom. The van der Waals surface area contributed by atoms with E-state index in [1.54, 1.807) is 0 Å². The number of phenolic OH excluding ortho intramolecular Hbond substituents is 1. The summed E-state index contributed by atoms with van der Waals surface area (Å²) in [7, 11) is 0. The van der Waals surface area contributed by atoms with Crippen molar-refractivity contribution in [2.45, 2.75) is 45.4 Å². The number of unbranched alkanes of at least 4 members (excludes halogenated alkanes) is 2. The van der Waals surface area contributed by atoms with Crippen molar-refractivity contribution in [3.05, 3.63) is 64.7 Å². The van der Waals surface area contributed by atoms with Gasteiger partial charge in [-0.15, -0.1) is 0 Å². The molecule has 0 fully saturated rings. The molecule has 0 aliphatic rings. The van der Waals surface area contributed by atoms with Crippen LogP contribution in [0.25, 0.3) is 0 Å². The van der Waals surface area contributed by atoms with Crippen molar-refractivity contribution in [1.82, 2.24) is 0 Å². The molecule has 0 saturated heterocycles. The van der Waals surface area contributed by atoms with E-state index in [0.29, 0.717) is 5.56 Å². The lowest BCUT2D eigenvalue weighted by atomic mass is 9.95. The molecule has 3 nitrogen and oxygen atoms in total. The molecule has 0 spiro atoms. The SMILES string of the molecule is CCCCCc1cc(Cc2ccccc2)cc(CC(N)=O)c1O. The van der Waals surface area contributed by atoms with Crippen LogP contribution >= 0.6 is 0 Å². The van der Waals surface area contributed by atoms with Gasteiger partial charge < -0.3 is 10.8 Å². The summed E-state index contributed by atoms with van der Waals surface area (Å²) < 4.78 is 0. The third kappa shape index (κ3) is 5.13. The maximum absolute atomic E-state index is 11.3. The van der Waals surface area contributed by atoms with Crippen molar-refractivity contribution in [1.29, 1.82) is 0 Å². The minimum Gasteiger partial charge on any atom is -0.507 e. The lowest BCUT2D eigenvalue weighted by Crippen LogP contribution is -2.14. The van der Waals surface area contributed by atoms with Gasteiger partial charge in [-0.3, -0.25) is 4.79 Å². The summed E-state index contributed by atoms with van der Waals surface area (Å²) in [5, 5.41) is 10.4. The zero-order valence-electron chi connectivity index (χ0n) is 13.7. The molecule has 2 aromatic carbocycles. The summed E-state index contributed by atoms with van der Waals surface area (Å²) in [5.41, 5.74) is 9.19. The highest BCUT2D eigenvalue weighted by atomic mass is 16.3. The standard InChI is InChI=1S/C20H25NO2/c1-2-3-5-10-17-12-16(11-15-8-6-4-7-9-15)13-18(20(17)23)14-19(21)22/h4,6-9,12-13,23H,2-3,5,10-11,14H2,1H3,(H2,21,22). The van der Waals surface area contributed by atoms with Gasteiger partial charge in [-0.05, 0) is 36.0 Å². The summed E-state index contributed by atoms with van der Waals surface area (Å²) in [4.78, 5) is 11.3. The molecule has 0 aliphatic carbocycles. The Morgan fingerprint density at radius 3 is 2.39 bits per heavy atom. The highest BCUT2D eigenvalue weighted by Gasteiger charge is 2.12. The predicted octanol–water partition coefficient (Wildman–Crippen LogP) is 3.74. The van der Waals surface area contributed by atoms with E-state index in [2.05, 4.69) is 25.1 Å². The molecule has 23 heavy (non-hydrogen) atoms. The number of amides is 1. The molecule has 0 aliphatic heterocycles. The number of rotatable bonds is 8. The smallest absolute Gasteiger partial charge is 0.221 e. The number of aryl methyl sites for hydroxylation is 1. The van der Waals surface area contributed by atoms with E-state index in [9.17, 15) is 9.90 Å². The van der Waals surface area contributed by atoms with E-state index in [1.807, 2.05) is 24.3 Å². The Morgan fingerprint density at radius 2 is 1.74 bits per heavy atom. The number of phenols is 1. The zero-order valence-corrected chi connectivity index (χ0v) is 13.7. The lowest BCUT2D eigenvalue weighted by molar-refractivity contribution is -0.117. The first kappa shape index (κ1) is 17.1. The topological polar surface area (TPSA) is 63.3 Å². The van der Waals surface area contributed by atoms with E-state index in [1.165, 1.54) is 5.56 Å². The fraction of sp³-hybridized carbons (Fsp3) is 0.350. The highest BCUT2D eigenvalue weighted by Crippen LogP contribution is 2.28. The molecule has 2 rings (SSSR count). The van der Waals surface area contributed by atoms with Gasteiger partial charge in [-0.25, -0.2) is 0 Å². The third-order valence-electron chi connectivity index (χ3n) is 3.99. The van der Waals surface area contributed by atoms with Gasteiger partial charge in [-0.2, -0.15) is 0 Å². The van der Waals surface area contributed by atoms with E-state index in [-0.39, 0.29) is 12.2 Å². The second-order valence-corrected chi connectivity index (χ2v) is 6.03. The number of benzene rings is 2. The summed E-state index contributed by atoms with van der Waals surface area (Å²) >= 11 is 0. The highest BCUT2D eigenvalue weighted by molar-refractivity contribution is 5.77. The van der Waals surface area contributed by atoms with Crippen molar-refractivity contribution >= 4 is 5.91 Å². The fourth-order valence-electron chi connectivity index (χ4n) is 2.84. The van der Waals surface area contributed by atoms with Crippen molar-refractivity contribution in [2.24, 2.45) is 5.73 Å². The molecular formula is C20H25NO2. The lowest BCUT2D eigenvalue weighted by Gasteiger charge is -2.13. The summed E-state index contributed by atoms with van der Waals surface area (Å²) in [6.45, 7) is 2.16. The first-order chi connectivity index (χ1) is 11.1. The van der Waals surface area contributed by atoms with Crippen molar-refractivity contribution in [3.63, 3.8) is 0 Å². The molecule has 0 atom stereocenters. The summed E-state index contributed by atoms with van der Waals surface area (Å²) in [6, 6.07) is 14.1. The van der Waals surface area contributed by atoms with Gasteiger partial charge in [0.1, 0.15) is 5.75 Å². The number of aromatic hydroxyl groups is 1. The third-order valence-corrected chi connectivity index (χ3v) is 3.99. The van der Waals surface area contributed by atoms with Crippen LogP contribution in [-0.2, 0) is 24.1 Å². The summed E-state index contributed by atoms with van der Waals surface area (Å²) in [5.74, 6) is -0.187. The van der Waals surface area contributed by atoms with Gasteiger partial charge in [0.2, 0.25) is 5.91 Å². The van der Waals surface area contributed by atoms with Gasteiger partial charge in [0, 0.05) is 5.56 Å². The van der Waals surface area contributed by atoms with Crippen LogP contribution in [0, 0.1) is 0 Å². The van der Waals surface area contributed by atoms with Crippen molar-refractivity contribution in [2.75, 3.05) is 0 Å². The van der Waals surface area contributed by atoms with E-state index < -0.39 is 5.91 Å². The van der Waals surface area contributed by atoms with Crippen LogP contribution in [0.1, 0.15) is 48.4 Å². The average Bonchev–Trinajstić information content (AvgIpc) is 2.52. The Kier molecular flexibility index (Phi) is 6.21. The molecule has 0 aromatic heterocycles. The van der Waals surface area contributed by atoms with Crippen LogP contribution < -0.4 is 5.73 Å². The number of hydrogen-bond donors (Lipinski definition) is 2. The van der Waals surface area contributed by atoms with E-state index in [4.69, 9.17) is 5.73 Å². The summed E-state index contributed by atoms with van der Waals surface area (Å²) in [6.07, 6.45) is 5.00. The van der Waals surface area contributed by atoms with Gasteiger partial charge in [0.05, 0.1) is 6.42 Å². The maximum Gasteiger partial charge on any atom is 0.221 e. The quantitative estimate of drug-likeness (QED) is 0.729. The van der Waals surface area contributed by atoms with Crippen LogP contribution in [0.5, 0.6) is 5.75 Å². The van der Waals surface area contributed by atoms with Gasteiger partial charge in [0.25, 0.3) is 0 Å². The largest absolute Gasteiger partial charge is 0.507 e. The number of hydrogen-bond acceptors (Lipinski definition) is 2. The maximum atomic E-state index is 11.3. The van der Waals surface area contributed by atoms with Gasteiger partial charge >= 0.3 is 0 Å². The van der Waals surface area contributed by atoms with Crippen molar-refractivity contribution in [3.8, 4) is 5.75 Å². The Labute approximate surface area is 138 Å². The number of carbonyl (C=O) groups excluding carboxylic acids is 1. The molecule has 3 heteroatoms. The monoisotopic (exact) mass is 311 g/mol. The molecule has 0 unspecified atom stereocenters. The first-order valence-corrected chi connectivity index (χ1v) is 8.26. The molecule has 0 radical (unpaired) electrons. The Balaban J connectivity index is 2.29. The van der Waals surface area contributed by atoms with E-state index >= 15 is 0 Å². The molecule has 1 amide bonds. The minimum absolute atomic E-state index is 0.0786. The van der Waals surface area contributed by atoms with Crippen molar-refractivity contribution < 1.29 is 9.90 Å². The molecule has 0 saturated carbocycles. The fourth-order valence-corrected chi connectivity index (χ4v) is 2.84. The van der Waals surface area contributed by atoms with Crippen LogP contribution in [-0.4, -0.2) is 11.0 Å². The number of nitrogens with two attached hydrogens (primary N) is 1. The molecule has 0 bridgehead atoms. The molecule has 122 valence electrons. The molecular weight excluding hydrogens is 286 g/mol. The molecule has 0 heterocycles. The molecule has 3 N–H and O–H groups in total. The second-order valence-electron chi connectivity index (χ2n) is 6.03. The normalized spacial score (nSPS) is 10.7. The van der Waals surface area contributed by atoms with Crippen LogP contribution in [0.4, 0.5) is 0 Å². The second kappa shape index (κ2) is 8.37. The van der Waals surface area contributed by atoms with Crippen LogP contribution in [0.2, 0.25) is 0 Å². The van der Waals surface area contributed by atoms with Gasteiger partial charge in [-0.1, -0.05) is 62.2 Å². The Hall–Kier alpha value is -2.29. The Bertz CT molecular complexity index is 650. The minimum atomic E-state index is -0.420.